The third-order valence-electron chi connectivity index (χ3n) is 3.63. The van der Waals surface area contributed by atoms with Gasteiger partial charge in [0.15, 0.2) is 11.4 Å². The Balaban J connectivity index is 2.29. The molecule has 0 aliphatic rings. The number of benzene rings is 2. The lowest BCUT2D eigenvalue weighted by molar-refractivity contribution is -0.210. The van der Waals surface area contributed by atoms with E-state index in [1.54, 1.807) is 11.8 Å². The zero-order valence-corrected chi connectivity index (χ0v) is 15.8. The monoisotopic (exact) mass is 358 g/mol. The highest BCUT2D eigenvalue weighted by Crippen LogP contribution is 2.42. The fourth-order valence-electron chi connectivity index (χ4n) is 2.19. The second-order valence-electron chi connectivity index (χ2n) is 5.70. The Morgan fingerprint density at radius 1 is 0.920 bits per heavy atom. The molecule has 2 rings (SSSR count). The Labute approximate surface area is 154 Å². The summed E-state index contributed by atoms with van der Waals surface area (Å²) in [6.45, 7) is 5.55. The van der Waals surface area contributed by atoms with Gasteiger partial charge in [-0.3, -0.25) is 0 Å². The molecule has 2 aromatic carbocycles. The summed E-state index contributed by atoms with van der Waals surface area (Å²) >= 11 is 1.64. The zero-order chi connectivity index (χ0) is 17.9. The molecule has 0 aliphatic heterocycles. The number of rotatable bonds is 11. The van der Waals surface area contributed by atoms with Crippen molar-refractivity contribution in [1.29, 1.82) is 0 Å². The van der Waals surface area contributed by atoms with Gasteiger partial charge in [-0.15, -0.1) is 0 Å². The van der Waals surface area contributed by atoms with E-state index in [2.05, 4.69) is 31.1 Å². The van der Waals surface area contributed by atoms with Crippen molar-refractivity contribution in [3.05, 3.63) is 42.5 Å². The van der Waals surface area contributed by atoms with Crippen molar-refractivity contribution in [3.8, 4) is 11.5 Å². The number of ether oxygens (including phenoxy) is 2. The number of unbranched alkanes of at least 4 members (excludes halogenated alkanes) is 2. The molecule has 1 N–H and O–H groups in total. The van der Waals surface area contributed by atoms with Crippen LogP contribution in [0, 0.1) is 0 Å². The molecule has 0 fully saturated rings. The van der Waals surface area contributed by atoms with Crippen LogP contribution in [0.1, 0.15) is 39.5 Å². The van der Waals surface area contributed by atoms with Crippen LogP contribution in [0.25, 0.3) is 0 Å². The first-order valence-corrected chi connectivity index (χ1v) is 9.64. The van der Waals surface area contributed by atoms with Gasteiger partial charge in [0.2, 0.25) is 0 Å². The molecule has 25 heavy (non-hydrogen) atoms. The molecule has 0 aliphatic carbocycles. The molecule has 0 saturated heterocycles. The summed E-state index contributed by atoms with van der Waals surface area (Å²) in [4.78, 5) is 2.12. The van der Waals surface area contributed by atoms with Gasteiger partial charge >= 0.3 is 0 Å². The highest BCUT2D eigenvalue weighted by Gasteiger charge is 2.15. The van der Waals surface area contributed by atoms with Gasteiger partial charge in [0.05, 0.1) is 23.2 Å². The van der Waals surface area contributed by atoms with E-state index in [1.165, 1.54) is 0 Å². The van der Waals surface area contributed by atoms with Crippen LogP contribution in [0.15, 0.2) is 57.4 Å². The van der Waals surface area contributed by atoms with E-state index in [0.29, 0.717) is 24.7 Å². The van der Waals surface area contributed by atoms with Crippen LogP contribution in [0.4, 0.5) is 5.69 Å². The predicted octanol–water partition coefficient (Wildman–Crippen LogP) is 4.82. The van der Waals surface area contributed by atoms with E-state index in [4.69, 9.17) is 15.0 Å². The van der Waals surface area contributed by atoms with Crippen LogP contribution in [0.5, 0.6) is 11.5 Å². The van der Waals surface area contributed by atoms with Crippen LogP contribution in [0.3, 0.4) is 0 Å². The van der Waals surface area contributed by atoms with Crippen molar-refractivity contribution in [1.82, 2.24) is 0 Å². The quantitative estimate of drug-likeness (QED) is 0.462. The Kier molecular flexibility index (Phi) is 8.32. The largest absolute Gasteiger partial charge is 0.492 e. The van der Waals surface area contributed by atoms with Crippen LogP contribution in [0.2, 0.25) is 0 Å². The van der Waals surface area contributed by atoms with Gasteiger partial charge < -0.3 is 9.47 Å². The molecular weight excluding hydrogens is 332 g/mol. The fraction of sp³-hybridized carbons (Fsp3) is 0.400. The smallest absolute Gasteiger partial charge is 0.182 e. The van der Waals surface area contributed by atoms with E-state index in [1.807, 2.05) is 30.3 Å². The second kappa shape index (κ2) is 10.8. The van der Waals surface area contributed by atoms with Gasteiger partial charge in [-0.2, -0.15) is 0 Å². The maximum atomic E-state index is 7.45. The Hall–Kier alpha value is -2.01. The van der Waals surface area contributed by atoms with E-state index < -0.39 is 0 Å². The molecule has 1 radical (unpaired) electrons. The maximum Gasteiger partial charge on any atom is 0.182 e. The summed E-state index contributed by atoms with van der Waals surface area (Å²) in [5, 5.41) is 3.62. The number of hydrogen-bond acceptors (Lipinski definition) is 5. The van der Waals surface area contributed by atoms with Crippen molar-refractivity contribution in [2.45, 2.75) is 49.3 Å². The topological polar surface area (TPSA) is 54.6 Å². The minimum Gasteiger partial charge on any atom is -0.492 e. The second-order valence-corrected chi connectivity index (χ2v) is 6.81. The highest BCUT2D eigenvalue weighted by molar-refractivity contribution is 7.99. The van der Waals surface area contributed by atoms with E-state index in [-0.39, 0.29) is 0 Å². The molecule has 5 heteroatoms. The lowest BCUT2D eigenvalue weighted by Crippen LogP contribution is -2.22. The van der Waals surface area contributed by atoms with Crippen molar-refractivity contribution in [2.24, 2.45) is 5.11 Å². The van der Waals surface area contributed by atoms with Crippen molar-refractivity contribution < 1.29 is 15.0 Å². The average Bonchev–Trinajstić information content (AvgIpc) is 2.64. The molecule has 0 unspecified atom stereocenters. The highest BCUT2D eigenvalue weighted by atomic mass is 32.2. The molecule has 2 aromatic rings. The molecule has 0 atom stereocenters. The molecule has 0 aromatic heterocycles. The Morgan fingerprint density at radius 3 is 2.16 bits per heavy atom. The lowest BCUT2D eigenvalue weighted by atomic mass is 10.2. The summed E-state index contributed by atoms with van der Waals surface area (Å²) in [7, 11) is 0. The molecule has 0 saturated carbocycles. The van der Waals surface area contributed by atoms with Gasteiger partial charge in [-0.25, -0.2) is 0 Å². The summed E-state index contributed by atoms with van der Waals surface area (Å²) in [5.74, 6) is 1.40. The van der Waals surface area contributed by atoms with Gasteiger partial charge in [-0.1, -0.05) is 56.7 Å². The van der Waals surface area contributed by atoms with Crippen molar-refractivity contribution in [2.75, 3.05) is 13.2 Å². The summed E-state index contributed by atoms with van der Waals surface area (Å²) in [5.41, 5.74) is 7.96. The molecular formula is C20H26N2O2S+. The average molecular weight is 359 g/mol. The number of hydrogen-bond donors (Lipinski definition) is 1. The van der Waals surface area contributed by atoms with Gasteiger partial charge in [0.25, 0.3) is 0 Å². The first-order chi connectivity index (χ1) is 12.3. The third kappa shape index (κ3) is 6.09. The van der Waals surface area contributed by atoms with Gasteiger partial charge in [0, 0.05) is 17.0 Å². The summed E-state index contributed by atoms with van der Waals surface area (Å²) in [6, 6.07) is 13.9. The number of nitrogens with zero attached hydrogens (tertiary/aromatic N) is 1. The summed E-state index contributed by atoms with van der Waals surface area (Å²) in [6.07, 6.45) is 4.12. The van der Waals surface area contributed by atoms with E-state index in [0.717, 1.165) is 41.2 Å². The summed E-state index contributed by atoms with van der Waals surface area (Å²) < 4.78 is 11.8. The molecule has 4 nitrogen and oxygen atoms in total. The minimum absolute atomic E-state index is 0.514. The van der Waals surface area contributed by atoms with E-state index in [9.17, 15) is 0 Å². The van der Waals surface area contributed by atoms with Gasteiger partial charge in [-0.05, 0) is 25.0 Å². The van der Waals surface area contributed by atoms with Crippen LogP contribution in [-0.2, 0) is 0 Å². The lowest BCUT2D eigenvalue weighted by Gasteiger charge is -2.14. The van der Waals surface area contributed by atoms with Gasteiger partial charge in [0.1, 0.15) is 11.3 Å². The first kappa shape index (κ1) is 19.3. The number of nitrogens with one attached hydrogen (secondary N) is 1. The van der Waals surface area contributed by atoms with Crippen molar-refractivity contribution >= 4 is 17.4 Å². The molecule has 0 bridgehead atoms. The Morgan fingerprint density at radius 2 is 1.56 bits per heavy atom. The molecule has 0 heterocycles. The van der Waals surface area contributed by atoms with Crippen LogP contribution < -0.4 is 15.0 Å². The van der Waals surface area contributed by atoms with Crippen molar-refractivity contribution in [3.63, 3.8) is 0 Å². The van der Waals surface area contributed by atoms with Crippen LogP contribution >= 0.6 is 11.8 Å². The maximum absolute atomic E-state index is 7.45. The Bertz CT molecular complexity index is 662. The fourth-order valence-corrected chi connectivity index (χ4v) is 3.13. The zero-order valence-electron chi connectivity index (χ0n) is 15.0. The molecule has 133 valence electrons. The van der Waals surface area contributed by atoms with Crippen LogP contribution in [-0.4, -0.2) is 13.2 Å². The minimum atomic E-state index is 0.514. The SMILES string of the molecule is CCCCOc1cc(Sc2ccccc2)c(OCCCC)cc1N=[NH+]. The normalized spacial score (nSPS) is 10.5. The first-order valence-electron chi connectivity index (χ1n) is 8.82. The predicted molar refractivity (Wildman–Crippen MR) is 101 cm³/mol. The molecule has 0 spiro atoms. The standard InChI is InChI=1S/C20H26N2O2S/c1-3-5-12-23-18-15-20(25-16-10-8-7-9-11-16)19(14-17(18)22-21)24-13-6-4-2/h7-11,14-15,21H,3-6,12-13H2,1-2H3/q+1. The third-order valence-corrected chi connectivity index (χ3v) is 4.67. The van der Waals surface area contributed by atoms with E-state index >= 15 is 0 Å². The molecule has 0 amide bonds.